The number of nitrogens with zero attached hydrogens (tertiary/aromatic N) is 3. The number of ether oxygens (including phenoxy) is 1. The van der Waals surface area contributed by atoms with Crippen LogP contribution in [0.4, 0.5) is 0 Å². The van der Waals surface area contributed by atoms with Gasteiger partial charge >= 0.3 is 0 Å². The van der Waals surface area contributed by atoms with Gasteiger partial charge in [0.25, 0.3) is 0 Å². The molecule has 2 heterocycles. The van der Waals surface area contributed by atoms with E-state index in [1.165, 1.54) is 12.8 Å². The smallest absolute Gasteiger partial charge is 0.191 e. The standard InChI is InChI=1S/C24H37N5O2/c1-5-25-24(26-17-20(28(2)3)19-11-6-7-12-22(19)30-4)27-18-21(23-13-10-16-31-23)29-14-8-9-15-29/h6-7,10-13,16,20-21H,5,8-9,14-15,17-18H2,1-4H3,(H2,25,26,27). The summed E-state index contributed by atoms with van der Waals surface area (Å²) in [7, 11) is 5.89. The number of para-hydroxylation sites is 1. The van der Waals surface area contributed by atoms with E-state index in [4.69, 9.17) is 14.1 Å². The molecule has 1 aliphatic heterocycles. The Morgan fingerprint density at radius 3 is 2.58 bits per heavy atom. The number of likely N-dealkylation sites (tertiary alicyclic amines) is 1. The molecule has 0 radical (unpaired) electrons. The van der Waals surface area contributed by atoms with Crippen LogP contribution in [0.1, 0.15) is 43.2 Å². The fourth-order valence-corrected chi connectivity index (χ4v) is 4.14. The molecule has 1 aromatic heterocycles. The maximum absolute atomic E-state index is 5.74. The highest BCUT2D eigenvalue weighted by Crippen LogP contribution is 2.28. The summed E-state index contributed by atoms with van der Waals surface area (Å²) in [4.78, 5) is 9.60. The summed E-state index contributed by atoms with van der Waals surface area (Å²) in [5.41, 5.74) is 1.16. The van der Waals surface area contributed by atoms with Crippen LogP contribution in [0, 0.1) is 0 Å². The van der Waals surface area contributed by atoms with Crippen molar-refractivity contribution in [2.45, 2.75) is 31.8 Å². The molecule has 0 bridgehead atoms. The predicted molar refractivity (Wildman–Crippen MR) is 126 cm³/mol. The number of likely N-dealkylation sites (N-methyl/N-ethyl adjacent to an activating group) is 1. The van der Waals surface area contributed by atoms with Crippen molar-refractivity contribution in [3.8, 4) is 5.75 Å². The van der Waals surface area contributed by atoms with Crippen LogP contribution < -0.4 is 15.4 Å². The molecule has 1 saturated heterocycles. The first-order valence-electron chi connectivity index (χ1n) is 11.2. The van der Waals surface area contributed by atoms with Gasteiger partial charge in [0.1, 0.15) is 11.5 Å². The van der Waals surface area contributed by atoms with Crippen molar-refractivity contribution >= 4 is 5.96 Å². The summed E-state index contributed by atoms with van der Waals surface area (Å²) < 4.78 is 11.3. The lowest BCUT2D eigenvalue weighted by atomic mass is 10.0. The summed E-state index contributed by atoms with van der Waals surface area (Å²) in [5.74, 6) is 2.71. The predicted octanol–water partition coefficient (Wildman–Crippen LogP) is 3.28. The van der Waals surface area contributed by atoms with Crippen LogP contribution in [0.2, 0.25) is 0 Å². The third-order valence-electron chi connectivity index (χ3n) is 5.80. The molecule has 1 aromatic carbocycles. The Hall–Kier alpha value is -2.51. The van der Waals surface area contributed by atoms with Crippen LogP contribution >= 0.6 is 0 Å². The first-order chi connectivity index (χ1) is 15.1. The summed E-state index contributed by atoms with van der Waals surface area (Å²) in [6.07, 6.45) is 4.23. The topological polar surface area (TPSA) is 65.3 Å². The molecule has 170 valence electrons. The van der Waals surface area contributed by atoms with E-state index in [0.717, 1.165) is 42.7 Å². The van der Waals surface area contributed by atoms with Crippen LogP contribution in [-0.4, -0.2) is 69.7 Å². The molecular weight excluding hydrogens is 390 g/mol. The van der Waals surface area contributed by atoms with E-state index in [0.29, 0.717) is 13.1 Å². The van der Waals surface area contributed by atoms with Gasteiger partial charge in [0.05, 0.1) is 32.0 Å². The number of rotatable bonds is 10. The van der Waals surface area contributed by atoms with Crippen molar-refractivity contribution < 1.29 is 9.15 Å². The number of hydrogen-bond donors (Lipinski definition) is 2. The van der Waals surface area contributed by atoms with Gasteiger partial charge in [0.2, 0.25) is 0 Å². The Bertz CT molecular complexity index is 800. The van der Waals surface area contributed by atoms with Crippen LogP contribution in [0.25, 0.3) is 0 Å². The second-order valence-corrected chi connectivity index (χ2v) is 8.10. The molecule has 0 aliphatic carbocycles. The van der Waals surface area contributed by atoms with Crippen LogP contribution in [0.5, 0.6) is 5.75 Å². The lowest BCUT2D eigenvalue weighted by Gasteiger charge is -2.28. The summed E-state index contributed by atoms with van der Waals surface area (Å²) in [6, 6.07) is 12.5. The van der Waals surface area contributed by atoms with Crippen LogP contribution in [0.3, 0.4) is 0 Å². The van der Waals surface area contributed by atoms with Gasteiger partial charge in [-0.25, -0.2) is 0 Å². The zero-order valence-corrected chi connectivity index (χ0v) is 19.3. The zero-order chi connectivity index (χ0) is 22.1. The van der Waals surface area contributed by atoms with E-state index in [1.54, 1.807) is 13.4 Å². The lowest BCUT2D eigenvalue weighted by molar-refractivity contribution is 0.221. The van der Waals surface area contributed by atoms with Crippen molar-refractivity contribution in [1.82, 2.24) is 20.4 Å². The van der Waals surface area contributed by atoms with Crippen molar-refractivity contribution in [2.75, 3.05) is 53.9 Å². The highest BCUT2D eigenvalue weighted by Gasteiger charge is 2.25. The van der Waals surface area contributed by atoms with Gasteiger partial charge in [-0.05, 0) is 65.1 Å². The van der Waals surface area contributed by atoms with Crippen molar-refractivity contribution in [3.05, 3.63) is 54.0 Å². The average Bonchev–Trinajstić information content (AvgIpc) is 3.49. The quantitative estimate of drug-likeness (QED) is 0.448. The molecule has 1 aliphatic rings. The first kappa shape index (κ1) is 23.2. The third-order valence-corrected chi connectivity index (χ3v) is 5.80. The number of aliphatic imine (C=N–C) groups is 1. The number of methoxy groups -OCH3 is 1. The van der Waals surface area contributed by atoms with Gasteiger partial charge in [-0.3, -0.25) is 9.89 Å². The van der Waals surface area contributed by atoms with E-state index < -0.39 is 0 Å². The molecule has 2 N–H and O–H groups in total. The van der Waals surface area contributed by atoms with Gasteiger partial charge in [-0.15, -0.1) is 0 Å². The molecule has 31 heavy (non-hydrogen) atoms. The van der Waals surface area contributed by atoms with E-state index in [9.17, 15) is 0 Å². The average molecular weight is 428 g/mol. The molecule has 2 aromatic rings. The molecule has 7 heteroatoms. The Labute approximate surface area is 186 Å². The van der Waals surface area contributed by atoms with E-state index >= 15 is 0 Å². The molecule has 7 nitrogen and oxygen atoms in total. The molecule has 0 spiro atoms. The highest BCUT2D eigenvalue weighted by molar-refractivity contribution is 5.79. The molecule has 2 atom stereocenters. The Morgan fingerprint density at radius 1 is 1.16 bits per heavy atom. The number of furan rings is 1. The zero-order valence-electron chi connectivity index (χ0n) is 19.3. The third kappa shape index (κ3) is 6.24. The molecule has 0 saturated carbocycles. The van der Waals surface area contributed by atoms with E-state index in [-0.39, 0.29) is 12.1 Å². The Kier molecular flexibility index (Phi) is 8.79. The summed E-state index contributed by atoms with van der Waals surface area (Å²) in [5, 5.41) is 6.92. The number of guanidine groups is 1. The number of hydrogen-bond acceptors (Lipinski definition) is 5. The monoisotopic (exact) mass is 427 g/mol. The Balaban J connectivity index is 1.72. The van der Waals surface area contributed by atoms with Gasteiger partial charge in [0.15, 0.2) is 5.96 Å². The second kappa shape index (κ2) is 11.8. The van der Waals surface area contributed by atoms with Crippen molar-refractivity contribution in [2.24, 2.45) is 4.99 Å². The van der Waals surface area contributed by atoms with Crippen LogP contribution in [-0.2, 0) is 0 Å². The minimum absolute atomic E-state index is 0.152. The largest absolute Gasteiger partial charge is 0.496 e. The van der Waals surface area contributed by atoms with Gasteiger partial charge in [-0.1, -0.05) is 18.2 Å². The molecule has 3 rings (SSSR count). The molecule has 2 unspecified atom stereocenters. The van der Waals surface area contributed by atoms with Gasteiger partial charge in [0, 0.05) is 18.7 Å². The van der Waals surface area contributed by atoms with Gasteiger partial charge < -0.3 is 24.7 Å². The van der Waals surface area contributed by atoms with Crippen molar-refractivity contribution in [3.63, 3.8) is 0 Å². The summed E-state index contributed by atoms with van der Waals surface area (Å²) in [6.45, 7) is 6.47. The number of nitrogens with one attached hydrogen (secondary N) is 2. The number of benzene rings is 1. The van der Waals surface area contributed by atoms with E-state index in [1.807, 2.05) is 18.2 Å². The van der Waals surface area contributed by atoms with Crippen molar-refractivity contribution in [1.29, 1.82) is 0 Å². The summed E-state index contributed by atoms with van der Waals surface area (Å²) >= 11 is 0. The lowest BCUT2D eigenvalue weighted by Crippen LogP contribution is -2.42. The Morgan fingerprint density at radius 2 is 1.94 bits per heavy atom. The molecular formula is C24H37N5O2. The minimum atomic E-state index is 0.152. The maximum atomic E-state index is 5.74. The van der Waals surface area contributed by atoms with E-state index in [2.05, 4.69) is 59.7 Å². The maximum Gasteiger partial charge on any atom is 0.191 e. The first-order valence-corrected chi connectivity index (χ1v) is 11.2. The second-order valence-electron chi connectivity index (χ2n) is 8.10. The van der Waals surface area contributed by atoms with Gasteiger partial charge in [-0.2, -0.15) is 0 Å². The normalized spacial score (nSPS) is 17.0. The molecule has 0 amide bonds. The SMILES string of the molecule is CCNC(=NCC(c1ccco1)N1CCCC1)NCC(c1ccccc1OC)N(C)C. The fraction of sp³-hybridized carbons (Fsp3) is 0.542. The minimum Gasteiger partial charge on any atom is -0.496 e. The highest BCUT2D eigenvalue weighted by atomic mass is 16.5. The fourth-order valence-electron chi connectivity index (χ4n) is 4.14. The van der Waals surface area contributed by atoms with Crippen LogP contribution in [0.15, 0.2) is 52.1 Å². The molecule has 1 fully saturated rings.